The van der Waals surface area contributed by atoms with Crippen molar-refractivity contribution in [2.45, 2.75) is 41.8 Å². The zero-order chi connectivity index (χ0) is 13.2. The molecule has 2 saturated heterocycles. The van der Waals surface area contributed by atoms with Crippen LogP contribution in [0.25, 0.3) is 0 Å². The van der Waals surface area contributed by atoms with E-state index in [1.165, 1.54) is 18.6 Å². The highest BCUT2D eigenvalue weighted by Gasteiger charge is 2.41. The fourth-order valence-electron chi connectivity index (χ4n) is 3.14. The fourth-order valence-corrected chi connectivity index (χ4v) is 5.59. The number of hydrogen-bond acceptors (Lipinski definition) is 5. The molecule has 0 aromatic carbocycles. The molecule has 3 aliphatic heterocycles. The van der Waals surface area contributed by atoms with E-state index < -0.39 is 0 Å². The van der Waals surface area contributed by atoms with Gasteiger partial charge in [-0.3, -0.25) is 9.79 Å². The lowest BCUT2D eigenvalue weighted by Crippen LogP contribution is -2.50. The number of thioether (sulfide) groups is 2. The number of carbonyl (C=O) groups excluding carboxylic acids is 1. The molecule has 6 heteroatoms. The van der Waals surface area contributed by atoms with Crippen LogP contribution in [0.4, 0.5) is 0 Å². The zero-order valence-corrected chi connectivity index (χ0v) is 12.9. The van der Waals surface area contributed by atoms with Crippen LogP contribution in [-0.4, -0.2) is 64.8 Å². The summed E-state index contributed by atoms with van der Waals surface area (Å²) in [7, 11) is 1.90. The predicted octanol–water partition coefficient (Wildman–Crippen LogP) is 1.21. The van der Waals surface area contributed by atoms with Crippen molar-refractivity contribution in [3.8, 4) is 0 Å². The van der Waals surface area contributed by atoms with E-state index in [2.05, 4.69) is 15.2 Å². The molecule has 4 atom stereocenters. The van der Waals surface area contributed by atoms with Gasteiger partial charge in [0.15, 0.2) is 0 Å². The molecule has 1 amide bonds. The minimum atomic E-state index is -0.0774. The Bertz CT molecular complexity index is 371. The summed E-state index contributed by atoms with van der Waals surface area (Å²) in [6.45, 7) is 1.79. The second-order valence-corrected chi connectivity index (χ2v) is 7.83. The first-order valence-corrected chi connectivity index (χ1v) is 9.03. The SMILES string of the molecule is CNC1C(=O)N(CC2CCCS2)CCC2N=CSC21. The number of likely N-dealkylation sites (tertiary alicyclic amines) is 1. The van der Waals surface area contributed by atoms with Crippen LogP contribution in [-0.2, 0) is 4.79 Å². The fraction of sp³-hybridized carbons (Fsp3) is 0.846. The Balaban J connectivity index is 1.70. The van der Waals surface area contributed by atoms with E-state index in [1.807, 2.05) is 24.4 Å². The molecular weight excluding hydrogens is 278 g/mol. The highest BCUT2D eigenvalue weighted by Crippen LogP contribution is 2.32. The Labute approximate surface area is 123 Å². The van der Waals surface area contributed by atoms with E-state index in [9.17, 15) is 4.79 Å². The van der Waals surface area contributed by atoms with Crippen molar-refractivity contribution in [3.05, 3.63) is 0 Å². The van der Waals surface area contributed by atoms with Crippen LogP contribution in [0.5, 0.6) is 0 Å². The van der Waals surface area contributed by atoms with Crippen molar-refractivity contribution in [1.29, 1.82) is 0 Å². The van der Waals surface area contributed by atoms with E-state index >= 15 is 0 Å². The van der Waals surface area contributed by atoms with Crippen LogP contribution in [0.15, 0.2) is 4.99 Å². The molecule has 0 aromatic rings. The van der Waals surface area contributed by atoms with Gasteiger partial charge in [0.1, 0.15) is 6.04 Å². The molecule has 3 aliphatic rings. The van der Waals surface area contributed by atoms with Crippen LogP contribution in [0.3, 0.4) is 0 Å². The molecule has 0 aromatic heterocycles. The number of nitrogens with zero attached hydrogens (tertiary/aromatic N) is 2. The molecule has 0 aliphatic carbocycles. The van der Waals surface area contributed by atoms with E-state index in [1.54, 1.807) is 11.8 Å². The van der Waals surface area contributed by atoms with Crippen molar-refractivity contribution >= 4 is 35.0 Å². The smallest absolute Gasteiger partial charge is 0.240 e. The van der Waals surface area contributed by atoms with Gasteiger partial charge >= 0.3 is 0 Å². The van der Waals surface area contributed by atoms with Crippen LogP contribution >= 0.6 is 23.5 Å². The molecule has 1 N–H and O–H groups in total. The van der Waals surface area contributed by atoms with Gasteiger partial charge in [-0.2, -0.15) is 11.8 Å². The summed E-state index contributed by atoms with van der Waals surface area (Å²) in [6.07, 6.45) is 3.58. The van der Waals surface area contributed by atoms with Crippen LogP contribution in [0.2, 0.25) is 0 Å². The summed E-state index contributed by atoms with van der Waals surface area (Å²) in [4.78, 5) is 19.3. The van der Waals surface area contributed by atoms with Crippen LogP contribution < -0.4 is 5.32 Å². The third kappa shape index (κ3) is 2.81. The zero-order valence-electron chi connectivity index (χ0n) is 11.2. The van der Waals surface area contributed by atoms with Gasteiger partial charge in [0.2, 0.25) is 5.91 Å². The summed E-state index contributed by atoms with van der Waals surface area (Å²) in [5.74, 6) is 1.54. The van der Waals surface area contributed by atoms with Crippen molar-refractivity contribution in [2.75, 3.05) is 25.9 Å². The number of nitrogens with one attached hydrogen (secondary N) is 1. The Morgan fingerprint density at radius 3 is 3.16 bits per heavy atom. The van der Waals surface area contributed by atoms with Crippen molar-refractivity contribution in [2.24, 2.45) is 4.99 Å². The minimum Gasteiger partial charge on any atom is -0.340 e. The first kappa shape index (κ1) is 13.8. The Morgan fingerprint density at radius 1 is 1.53 bits per heavy atom. The quantitative estimate of drug-likeness (QED) is 0.851. The number of hydrogen-bond donors (Lipinski definition) is 1. The maximum atomic E-state index is 12.7. The van der Waals surface area contributed by atoms with E-state index in [4.69, 9.17) is 0 Å². The number of rotatable bonds is 3. The first-order valence-electron chi connectivity index (χ1n) is 7.04. The third-order valence-corrected chi connectivity index (χ3v) is 6.73. The first-order chi connectivity index (χ1) is 9.29. The molecule has 4 nitrogen and oxygen atoms in total. The number of fused-ring (bicyclic) bond motifs is 1. The van der Waals surface area contributed by atoms with E-state index in [0.29, 0.717) is 16.5 Å². The normalized spacial score (nSPS) is 38.6. The van der Waals surface area contributed by atoms with Gasteiger partial charge in [0.25, 0.3) is 0 Å². The minimum absolute atomic E-state index is 0.0774. The van der Waals surface area contributed by atoms with Crippen LogP contribution in [0, 0.1) is 0 Å². The molecule has 0 radical (unpaired) electrons. The summed E-state index contributed by atoms with van der Waals surface area (Å²) in [6, 6.07) is 0.235. The summed E-state index contributed by atoms with van der Waals surface area (Å²) in [5, 5.41) is 4.16. The van der Waals surface area contributed by atoms with Gasteiger partial charge in [-0.25, -0.2) is 0 Å². The third-order valence-electron chi connectivity index (χ3n) is 4.21. The molecule has 0 spiro atoms. The molecule has 0 saturated carbocycles. The van der Waals surface area contributed by atoms with Gasteiger partial charge in [-0.1, -0.05) is 0 Å². The monoisotopic (exact) mass is 299 g/mol. The number of aliphatic imine (C=N–C) groups is 1. The van der Waals surface area contributed by atoms with Crippen molar-refractivity contribution < 1.29 is 4.79 Å². The standard InChI is InChI=1S/C13H21N3OS2/c1-14-11-12-10(15-8-19-12)4-5-16(13(11)17)7-9-3-2-6-18-9/h8-12,14H,2-7H2,1H3. The Hall–Kier alpha value is -0.200. The van der Waals surface area contributed by atoms with E-state index in [0.717, 1.165) is 19.5 Å². The number of amides is 1. The van der Waals surface area contributed by atoms with Crippen molar-refractivity contribution in [3.63, 3.8) is 0 Å². The molecule has 0 bridgehead atoms. The topological polar surface area (TPSA) is 44.7 Å². The lowest BCUT2D eigenvalue weighted by atomic mass is 10.1. The summed E-state index contributed by atoms with van der Waals surface area (Å²) in [5.41, 5.74) is 1.93. The highest BCUT2D eigenvalue weighted by atomic mass is 32.2. The lowest BCUT2D eigenvalue weighted by Gasteiger charge is -2.28. The van der Waals surface area contributed by atoms with Crippen molar-refractivity contribution in [1.82, 2.24) is 10.2 Å². The van der Waals surface area contributed by atoms with E-state index in [-0.39, 0.29) is 11.9 Å². The van der Waals surface area contributed by atoms with Gasteiger partial charge in [-0.05, 0) is 32.1 Å². The van der Waals surface area contributed by atoms with Gasteiger partial charge in [-0.15, -0.1) is 11.8 Å². The molecule has 106 valence electrons. The molecule has 3 heterocycles. The maximum Gasteiger partial charge on any atom is 0.240 e. The molecular formula is C13H21N3OS2. The molecule has 2 fully saturated rings. The van der Waals surface area contributed by atoms with Gasteiger partial charge in [0, 0.05) is 18.3 Å². The number of carbonyl (C=O) groups is 1. The number of likely N-dealkylation sites (N-methyl/N-ethyl adjacent to an activating group) is 1. The average molecular weight is 299 g/mol. The lowest BCUT2D eigenvalue weighted by molar-refractivity contribution is -0.132. The van der Waals surface area contributed by atoms with Gasteiger partial charge in [0.05, 0.1) is 16.8 Å². The Morgan fingerprint density at radius 2 is 2.42 bits per heavy atom. The second kappa shape index (κ2) is 6.06. The van der Waals surface area contributed by atoms with Gasteiger partial charge < -0.3 is 10.2 Å². The molecule has 3 rings (SSSR count). The summed E-state index contributed by atoms with van der Waals surface area (Å²) < 4.78 is 0. The molecule has 19 heavy (non-hydrogen) atoms. The largest absolute Gasteiger partial charge is 0.340 e. The highest BCUT2D eigenvalue weighted by molar-refractivity contribution is 8.13. The Kier molecular flexibility index (Phi) is 4.39. The average Bonchev–Trinajstić information content (AvgIpc) is 3.04. The second-order valence-electron chi connectivity index (χ2n) is 5.40. The van der Waals surface area contributed by atoms with Crippen LogP contribution in [0.1, 0.15) is 19.3 Å². The summed E-state index contributed by atoms with van der Waals surface area (Å²) >= 11 is 3.74. The maximum absolute atomic E-state index is 12.7. The molecule has 4 unspecified atom stereocenters. The predicted molar refractivity (Wildman–Crippen MR) is 83.2 cm³/mol.